The van der Waals surface area contributed by atoms with Crippen molar-refractivity contribution in [1.29, 1.82) is 0 Å². The second kappa shape index (κ2) is 7.78. The van der Waals surface area contributed by atoms with Crippen molar-refractivity contribution in [2.45, 2.75) is 26.4 Å². The van der Waals surface area contributed by atoms with Crippen LogP contribution in [0.2, 0.25) is 0 Å². The Labute approximate surface area is 152 Å². The summed E-state index contributed by atoms with van der Waals surface area (Å²) in [7, 11) is 0. The van der Waals surface area contributed by atoms with Crippen molar-refractivity contribution in [2.24, 2.45) is 0 Å². The minimum Gasteiger partial charge on any atom is -0.329 e. The standard InChI is InChI=1S/C21H21N3O2/c1-15(2)24(20(25)13-12-16-8-4-3-5-9-16)14-19-22-18-11-7-6-10-17(18)21(26)23-19/h3-13,15H,14H2,1-2H3,(H,22,23,26)/b13-12+. The van der Waals surface area contributed by atoms with Gasteiger partial charge in [-0.25, -0.2) is 4.98 Å². The molecule has 0 aliphatic rings. The van der Waals surface area contributed by atoms with Gasteiger partial charge in [0.15, 0.2) is 0 Å². The van der Waals surface area contributed by atoms with Gasteiger partial charge in [0, 0.05) is 12.1 Å². The molecule has 5 nitrogen and oxygen atoms in total. The van der Waals surface area contributed by atoms with Crippen molar-refractivity contribution >= 4 is 22.9 Å². The third kappa shape index (κ3) is 4.06. The van der Waals surface area contributed by atoms with E-state index < -0.39 is 0 Å². The molecule has 0 unspecified atom stereocenters. The number of para-hydroxylation sites is 1. The summed E-state index contributed by atoms with van der Waals surface area (Å²) < 4.78 is 0. The number of carbonyl (C=O) groups is 1. The molecule has 1 amide bonds. The summed E-state index contributed by atoms with van der Waals surface area (Å²) >= 11 is 0. The number of hydrogen-bond acceptors (Lipinski definition) is 3. The summed E-state index contributed by atoms with van der Waals surface area (Å²) in [5.41, 5.74) is 1.39. The van der Waals surface area contributed by atoms with Crippen molar-refractivity contribution in [3.05, 3.63) is 82.4 Å². The Morgan fingerprint density at radius 3 is 2.54 bits per heavy atom. The number of hydrogen-bond donors (Lipinski definition) is 1. The van der Waals surface area contributed by atoms with E-state index >= 15 is 0 Å². The van der Waals surface area contributed by atoms with Gasteiger partial charge in [-0.3, -0.25) is 9.59 Å². The highest BCUT2D eigenvalue weighted by Gasteiger charge is 2.17. The Balaban J connectivity index is 1.84. The molecular weight excluding hydrogens is 326 g/mol. The molecule has 0 spiro atoms. The summed E-state index contributed by atoms with van der Waals surface area (Å²) in [5.74, 6) is 0.350. The molecule has 0 aliphatic carbocycles. The average Bonchev–Trinajstić information content (AvgIpc) is 2.65. The number of fused-ring (bicyclic) bond motifs is 1. The third-order valence-corrected chi connectivity index (χ3v) is 4.11. The van der Waals surface area contributed by atoms with E-state index in [9.17, 15) is 9.59 Å². The molecule has 2 aromatic carbocycles. The van der Waals surface area contributed by atoms with E-state index in [1.54, 1.807) is 35.3 Å². The van der Waals surface area contributed by atoms with Gasteiger partial charge in [0.1, 0.15) is 5.82 Å². The van der Waals surface area contributed by atoms with E-state index in [-0.39, 0.29) is 24.1 Å². The van der Waals surface area contributed by atoms with Crippen LogP contribution in [0.3, 0.4) is 0 Å². The van der Waals surface area contributed by atoms with Crippen LogP contribution in [0.25, 0.3) is 17.0 Å². The average molecular weight is 347 g/mol. The van der Waals surface area contributed by atoms with Gasteiger partial charge < -0.3 is 9.88 Å². The molecule has 1 N–H and O–H groups in total. The van der Waals surface area contributed by atoms with Gasteiger partial charge in [0.05, 0.1) is 17.4 Å². The van der Waals surface area contributed by atoms with Crippen LogP contribution in [0.4, 0.5) is 0 Å². The van der Waals surface area contributed by atoms with Crippen LogP contribution in [0.1, 0.15) is 25.2 Å². The number of benzene rings is 2. The lowest BCUT2D eigenvalue weighted by Crippen LogP contribution is -2.36. The first kappa shape index (κ1) is 17.6. The zero-order valence-corrected chi connectivity index (χ0v) is 14.8. The van der Waals surface area contributed by atoms with Crippen molar-refractivity contribution < 1.29 is 4.79 Å². The number of aromatic nitrogens is 2. The maximum atomic E-state index is 12.6. The Hall–Kier alpha value is -3.21. The summed E-state index contributed by atoms with van der Waals surface area (Å²) in [6, 6.07) is 16.8. The van der Waals surface area contributed by atoms with Gasteiger partial charge in [0.25, 0.3) is 5.56 Å². The fourth-order valence-electron chi connectivity index (χ4n) is 2.71. The largest absolute Gasteiger partial charge is 0.329 e. The number of nitrogens with one attached hydrogen (secondary N) is 1. The molecule has 0 atom stereocenters. The fourth-order valence-corrected chi connectivity index (χ4v) is 2.71. The minimum absolute atomic E-state index is 0.0281. The molecule has 1 aromatic heterocycles. The quantitative estimate of drug-likeness (QED) is 0.720. The van der Waals surface area contributed by atoms with Crippen LogP contribution in [-0.4, -0.2) is 26.8 Å². The second-order valence-corrected chi connectivity index (χ2v) is 6.33. The Morgan fingerprint density at radius 1 is 1.12 bits per heavy atom. The van der Waals surface area contributed by atoms with Gasteiger partial charge in [0.2, 0.25) is 5.91 Å². The van der Waals surface area contributed by atoms with E-state index in [1.807, 2.05) is 50.2 Å². The van der Waals surface area contributed by atoms with E-state index in [0.717, 1.165) is 5.56 Å². The molecule has 0 bridgehead atoms. The minimum atomic E-state index is -0.193. The first-order valence-electron chi connectivity index (χ1n) is 8.56. The predicted octanol–water partition coefficient (Wildman–Crippen LogP) is 3.37. The Bertz CT molecular complexity index is 991. The van der Waals surface area contributed by atoms with Crippen LogP contribution in [0.5, 0.6) is 0 Å². The molecule has 0 saturated carbocycles. The summed E-state index contributed by atoms with van der Waals surface area (Å²) in [6.07, 6.45) is 3.34. The summed E-state index contributed by atoms with van der Waals surface area (Å²) in [5, 5.41) is 0.544. The molecule has 3 rings (SSSR count). The molecule has 0 fully saturated rings. The number of aromatic amines is 1. The van der Waals surface area contributed by atoms with Crippen LogP contribution in [0.15, 0.2) is 65.5 Å². The van der Waals surface area contributed by atoms with Crippen LogP contribution < -0.4 is 5.56 Å². The zero-order chi connectivity index (χ0) is 18.5. The molecule has 0 saturated heterocycles. The summed E-state index contributed by atoms with van der Waals surface area (Å²) in [6.45, 7) is 4.12. The highest BCUT2D eigenvalue weighted by Crippen LogP contribution is 2.10. The zero-order valence-electron chi connectivity index (χ0n) is 14.8. The van der Waals surface area contributed by atoms with Gasteiger partial charge in [-0.1, -0.05) is 42.5 Å². The maximum absolute atomic E-state index is 12.6. The monoisotopic (exact) mass is 347 g/mol. The topological polar surface area (TPSA) is 66.1 Å². The smallest absolute Gasteiger partial charge is 0.258 e. The SMILES string of the molecule is CC(C)N(Cc1nc2ccccc2c(=O)[nH]1)C(=O)/C=C/c1ccccc1. The van der Waals surface area contributed by atoms with Crippen molar-refractivity contribution in [3.8, 4) is 0 Å². The number of carbonyl (C=O) groups excluding carboxylic acids is 1. The van der Waals surface area contributed by atoms with E-state index in [1.165, 1.54) is 0 Å². The van der Waals surface area contributed by atoms with E-state index in [4.69, 9.17) is 0 Å². The van der Waals surface area contributed by atoms with E-state index in [2.05, 4.69) is 9.97 Å². The molecule has 132 valence electrons. The van der Waals surface area contributed by atoms with Gasteiger partial charge in [-0.15, -0.1) is 0 Å². The maximum Gasteiger partial charge on any atom is 0.258 e. The second-order valence-electron chi connectivity index (χ2n) is 6.33. The highest BCUT2D eigenvalue weighted by molar-refractivity contribution is 5.92. The van der Waals surface area contributed by atoms with Gasteiger partial charge >= 0.3 is 0 Å². The molecule has 0 radical (unpaired) electrons. The molecular formula is C21H21N3O2. The highest BCUT2D eigenvalue weighted by atomic mass is 16.2. The number of rotatable bonds is 5. The van der Waals surface area contributed by atoms with Crippen molar-refractivity contribution in [1.82, 2.24) is 14.9 Å². The molecule has 3 aromatic rings. The lowest BCUT2D eigenvalue weighted by molar-refractivity contribution is -0.128. The predicted molar refractivity (Wildman–Crippen MR) is 104 cm³/mol. The van der Waals surface area contributed by atoms with Crippen LogP contribution in [0, 0.1) is 0 Å². The number of amides is 1. The lowest BCUT2D eigenvalue weighted by atomic mass is 10.2. The number of H-pyrrole nitrogens is 1. The number of nitrogens with zero attached hydrogens (tertiary/aromatic N) is 2. The fraction of sp³-hybridized carbons (Fsp3) is 0.190. The molecule has 0 aliphatic heterocycles. The van der Waals surface area contributed by atoms with Gasteiger partial charge in [-0.2, -0.15) is 0 Å². The summed E-state index contributed by atoms with van der Waals surface area (Å²) in [4.78, 5) is 33.8. The lowest BCUT2D eigenvalue weighted by Gasteiger charge is -2.25. The van der Waals surface area contributed by atoms with Gasteiger partial charge in [-0.05, 0) is 37.6 Å². The molecule has 1 heterocycles. The Kier molecular flexibility index (Phi) is 5.27. The molecule has 5 heteroatoms. The normalized spacial score (nSPS) is 11.3. The van der Waals surface area contributed by atoms with E-state index in [0.29, 0.717) is 16.7 Å². The van der Waals surface area contributed by atoms with Crippen molar-refractivity contribution in [2.75, 3.05) is 0 Å². The third-order valence-electron chi connectivity index (χ3n) is 4.11. The van der Waals surface area contributed by atoms with Crippen LogP contribution in [-0.2, 0) is 11.3 Å². The first-order chi connectivity index (χ1) is 12.5. The van der Waals surface area contributed by atoms with Crippen LogP contribution >= 0.6 is 0 Å². The first-order valence-corrected chi connectivity index (χ1v) is 8.56. The Morgan fingerprint density at radius 2 is 1.81 bits per heavy atom. The van der Waals surface area contributed by atoms with Crippen molar-refractivity contribution in [3.63, 3.8) is 0 Å². The molecule has 26 heavy (non-hydrogen) atoms.